The van der Waals surface area contributed by atoms with Crippen LogP contribution in [-0.4, -0.2) is 17.6 Å². The van der Waals surface area contributed by atoms with Crippen molar-refractivity contribution in [2.75, 3.05) is 12.4 Å². The molecule has 3 aromatic rings. The maximum atomic E-state index is 13.2. The van der Waals surface area contributed by atoms with Crippen molar-refractivity contribution >= 4 is 22.6 Å². The molecule has 1 aromatic heterocycles. The van der Waals surface area contributed by atoms with Gasteiger partial charge in [-0.05, 0) is 36.8 Å². The van der Waals surface area contributed by atoms with Crippen molar-refractivity contribution < 1.29 is 9.53 Å². The van der Waals surface area contributed by atoms with Gasteiger partial charge in [0.05, 0.1) is 18.2 Å². The van der Waals surface area contributed by atoms with E-state index in [1.54, 1.807) is 19.2 Å². The van der Waals surface area contributed by atoms with Crippen LogP contribution in [0.5, 0.6) is 5.75 Å². The number of carbonyl (C=O) groups is 1. The summed E-state index contributed by atoms with van der Waals surface area (Å²) in [4.78, 5) is 24.9. The highest BCUT2D eigenvalue weighted by Crippen LogP contribution is 2.30. The third kappa shape index (κ3) is 3.01. The molecule has 0 atom stereocenters. The van der Waals surface area contributed by atoms with Gasteiger partial charge < -0.3 is 14.6 Å². The van der Waals surface area contributed by atoms with Crippen LogP contribution in [0.25, 0.3) is 22.0 Å². The number of carbonyl (C=O) groups excluding carboxylic acids is 1. The van der Waals surface area contributed by atoms with E-state index >= 15 is 0 Å². The summed E-state index contributed by atoms with van der Waals surface area (Å²) in [6, 6.07) is 14.7. The van der Waals surface area contributed by atoms with E-state index in [2.05, 4.69) is 5.32 Å². The number of para-hydroxylation sites is 1. The van der Waals surface area contributed by atoms with Gasteiger partial charge in [-0.2, -0.15) is 0 Å². The van der Waals surface area contributed by atoms with Crippen molar-refractivity contribution in [3.8, 4) is 16.9 Å². The van der Waals surface area contributed by atoms with Crippen LogP contribution >= 0.6 is 0 Å². The minimum Gasteiger partial charge on any atom is -0.497 e. The molecule has 0 aliphatic rings. The number of benzene rings is 2. The van der Waals surface area contributed by atoms with Crippen molar-refractivity contribution in [3.63, 3.8) is 0 Å². The van der Waals surface area contributed by atoms with Crippen LogP contribution in [0.2, 0.25) is 0 Å². The van der Waals surface area contributed by atoms with Crippen LogP contribution in [-0.2, 0) is 11.3 Å². The summed E-state index contributed by atoms with van der Waals surface area (Å²) < 4.78 is 7.15. The summed E-state index contributed by atoms with van der Waals surface area (Å²) in [6.45, 7) is 4.05. The summed E-state index contributed by atoms with van der Waals surface area (Å²) in [5.41, 5.74) is 1.92. The summed E-state index contributed by atoms with van der Waals surface area (Å²) in [6.07, 6.45) is 0. The average Bonchev–Trinajstić information content (AvgIpc) is 2.62. The van der Waals surface area contributed by atoms with Gasteiger partial charge in [-0.1, -0.05) is 24.3 Å². The topological polar surface area (TPSA) is 60.3 Å². The molecule has 0 spiro atoms. The van der Waals surface area contributed by atoms with Gasteiger partial charge >= 0.3 is 0 Å². The third-order valence-electron chi connectivity index (χ3n) is 4.16. The SMILES string of the molecule is CCn1c(NC(C)=O)c(-c2ccc(OC)cc2)c(=O)c2ccccc21. The number of hydrogen-bond donors (Lipinski definition) is 1. The predicted molar refractivity (Wildman–Crippen MR) is 100 cm³/mol. The maximum Gasteiger partial charge on any atom is 0.222 e. The maximum absolute atomic E-state index is 13.2. The predicted octanol–water partition coefficient (Wildman–Crippen LogP) is 3.66. The smallest absolute Gasteiger partial charge is 0.222 e. The lowest BCUT2D eigenvalue weighted by Gasteiger charge is -2.19. The molecule has 0 saturated heterocycles. The van der Waals surface area contributed by atoms with E-state index in [4.69, 9.17) is 4.74 Å². The van der Waals surface area contributed by atoms with Crippen molar-refractivity contribution in [3.05, 3.63) is 58.8 Å². The molecule has 0 aliphatic carbocycles. The quantitative estimate of drug-likeness (QED) is 0.791. The van der Waals surface area contributed by atoms with E-state index in [1.165, 1.54) is 6.92 Å². The first-order chi connectivity index (χ1) is 12.1. The van der Waals surface area contributed by atoms with Gasteiger partial charge in [0.25, 0.3) is 0 Å². The zero-order valence-corrected chi connectivity index (χ0v) is 14.5. The number of nitrogens with zero attached hydrogens (tertiary/aromatic N) is 1. The fourth-order valence-corrected chi connectivity index (χ4v) is 3.05. The summed E-state index contributed by atoms with van der Waals surface area (Å²) in [5.74, 6) is 1.01. The number of pyridine rings is 1. The molecule has 0 radical (unpaired) electrons. The first-order valence-electron chi connectivity index (χ1n) is 8.14. The largest absolute Gasteiger partial charge is 0.497 e. The van der Waals surface area contributed by atoms with Gasteiger partial charge in [0.1, 0.15) is 11.6 Å². The number of hydrogen-bond acceptors (Lipinski definition) is 3. The number of rotatable bonds is 4. The first kappa shape index (κ1) is 16.8. The zero-order chi connectivity index (χ0) is 18.0. The number of amides is 1. The van der Waals surface area contributed by atoms with E-state index in [-0.39, 0.29) is 11.3 Å². The molecule has 0 unspecified atom stereocenters. The Morgan fingerprint density at radius 1 is 1.12 bits per heavy atom. The Labute approximate surface area is 145 Å². The molecule has 1 N–H and O–H groups in total. The highest BCUT2D eigenvalue weighted by atomic mass is 16.5. The molecule has 5 nitrogen and oxygen atoms in total. The summed E-state index contributed by atoms with van der Waals surface area (Å²) in [5, 5.41) is 3.47. The second-order valence-corrected chi connectivity index (χ2v) is 5.72. The lowest BCUT2D eigenvalue weighted by molar-refractivity contribution is -0.114. The number of methoxy groups -OCH3 is 1. The number of nitrogens with one attached hydrogen (secondary N) is 1. The molecule has 2 aromatic carbocycles. The minimum absolute atomic E-state index is 0.103. The number of anilines is 1. The Morgan fingerprint density at radius 2 is 1.80 bits per heavy atom. The minimum atomic E-state index is -0.216. The molecule has 5 heteroatoms. The highest BCUT2D eigenvalue weighted by molar-refractivity contribution is 5.97. The molecular weight excluding hydrogens is 316 g/mol. The van der Waals surface area contributed by atoms with E-state index < -0.39 is 0 Å². The Balaban J connectivity index is 2.40. The van der Waals surface area contributed by atoms with Crippen molar-refractivity contribution in [2.45, 2.75) is 20.4 Å². The van der Waals surface area contributed by atoms with Gasteiger partial charge in [-0.3, -0.25) is 9.59 Å². The van der Waals surface area contributed by atoms with Gasteiger partial charge in [0.15, 0.2) is 5.43 Å². The lowest BCUT2D eigenvalue weighted by atomic mass is 10.0. The average molecular weight is 336 g/mol. The molecule has 25 heavy (non-hydrogen) atoms. The first-order valence-corrected chi connectivity index (χ1v) is 8.14. The van der Waals surface area contributed by atoms with Crippen LogP contribution in [0.15, 0.2) is 53.3 Å². The van der Waals surface area contributed by atoms with Crippen molar-refractivity contribution in [1.82, 2.24) is 4.57 Å². The molecule has 128 valence electrons. The normalized spacial score (nSPS) is 10.7. The zero-order valence-electron chi connectivity index (χ0n) is 14.5. The van der Waals surface area contributed by atoms with Crippen LogP contribution in [0.3, 0.4) is 0 Å². The second-order valence-electron chi connectivity index (χ2n) is 5.72. The number of fused-ring (bicyclic) bond motifs is 1. The van der Waals surface area contributed by atoms with Crippen LogP contribution in [0, 0.1) is 0 Å². The van der Waals surface area contributed by atoms with E-state index in [0.717, 1.165) is 11.1 Å². The van der Waals surface area contributed by atoms with E-state index in [0.29, 0.717) is 29.1 Å². The van der Waals surface area contributed by atoms with Gasteiger partial charge in [0, 0.05) is 18.9 Å². The fourth-order valence-electron chi connectivity index (χ4n) is 3.05. The van der Waals surface area contributed by atoms with Gasteiger partial charge in [-0.15, -0.1) is 0 Å². The van der Waals surface area contributed by atoms with Crippen LogP contribution in [0.1, 0.15) is 13.8 Å². The van der Waals surface area contributed by atoms with Crippen LogP contribution < -0.4 is 15.5 Å². The Kier molecular flexibility index (Phi) is 4.57. The molecule has 0 saturated carbocycles. The van der Waals surface area contributed by atoms with Crippen LogP contribution in [0.4, 0.5) is 5.82 Å². The molecule has 3 rings (SSSR count). The number of aromatic nitrogens is 1. The summed E-state index contributed by atoms with van der Waals surface area (Å²) in [7, 11) is 1.60. The Hall–Kier alpha value is -3.08. The number of aryl methyl sites for hydroxylation is 1. The standard InChI is InChI=1S/C20H20N2O3/c1-4-22-17-8-6-5-7-16(17)19(24)18(20(22)21-13(2)23)14-9-11-15(25-3)12-10-14/h5-12H,4H2,1-3H3,(H,21,23). The Morgan fingerprint density at radius 3 is 2.40 bits per heavy atom. The molecule has 0 aliphatic heterocycles. The van der Waals surface area contributed by atoms with E-state index in [1.807, 2.05) is 47.9 Å². The van der Waals surface area contributed by atoms with Crippen molar-refractivity contribution in [2.24, 2.45) is 0 Å². The van der Waals surface area contributed by atoms with E-state index in [9.17, 15) is 9.59 Å². The van der Waals surface area contributed by atoms with Gasteiger partial charge in [-0.25, -0.2) is 0 Å². The molecular formula is C20H20N2O3. The molecule has 0 fully saturated rings. The molecule has 0 bridgehead atoms. The highest BCUT2D eigenvalue weighted by Gasteiger charge is 2.18. The third-order valence-corrected chi connectivity index (χ3v) is 4.16. The summed E-state index contributed by atoms with van der Waals surface area (Å²) >= 11 is 0. The van der Waals surface area contributed by atoms with Crippen molar-refractivity contribution in [1.29, 1.82) is 0 Å². The molecule has 1 amide bonds. The fraction of sp³-hybridized carbons (Fsp3) is 0.200. The second kappa shape index (κ2) is 6.81. The Bertz CT molecular complexity index is 988. The monoisotopic (exact) mass is 336 g/mol. The van der Waals surface area contributed by atoms with Gasteiger partial charge in [0.2, 0.25) is 5.91 Å². The number of ether oxygens (including phenoxy) is 1. The lowest BCUT2D eigenvalue weighted by Crippen LogP contribution is -2.20. The molecule has 1 heterocycles.